The van der Waals surface area contributed by atoms with Crippen LogP contribution in [-0.4, -0.2) is 36.5 Å². The lowest BCUT2D eigenvalue weighted by Gasteiger charge is -2.54. The number of halogens is 1. The molecule has 0 unspecified atom stereocenters. The highest BCUT2D eigenvalue weighted by Crippen LogP contribution is 2.56. The van der Waals surface area contributed by atoms with Gasteiger partial charge in [-0.15, -0.1) is 12.4 Å². The number of hydrogen-bond donors (Lipinski definition) is 1. The Morgan fingerprint density at radius 1 is 1.05 bits per heavy atom. The monoisotopic (exact) mass is 298 g/mol. The Balaban J connectivity index is 0.00000121. The minimum Gasteiger partial charge on any atom is -0.340 e. The van der Waals surface area contributed by atoms with Crippen LogP contribution < -0.4 is 5.32 Å². The first kappa shape index (κ1) is 14.6. The van der Waals surface area contributed by atoms with Crippen molar-refractivity contribution in [3.8, 4) is 0 Å². The summed E-state index contributed by atoms with van der Waals surface area (Å²) in [6.07, 6.45) is 6.88. The largest absolute Gasteiger partial charge is 0.340 e. The fraction of sp³-hybridized carbons (Fsp3) is 0.938. The number of carbonyl (C=O) groups excluding carboxylic acids is 1. The van der Waals surface area contributed by atoms with Crippen molar-refractivity contribution in [2.24, 2.45) is 29.6 Å². The van der Waals surface area contributed by atoms with Crippen LogP contribution in [0.5, 0.6) is 0 Å². The zero-order valence-electron chi connectivity index (χ0n) is 12.4. The summed E-state index contributed by atoms with van der Waals surface area (Å²) in [6, 6.07) is 0.467. The molecule has 5 fully saturated rings. The van der Waals surface area contributed by atoms with Gasteiger partial charge in [-0.2, -0.15) is 0 Å². The third kappa shape index (κ3) is 2.37. The zero-order chi connectivity index (χ0) is 13.0. The molecule has 0 aromatic rings. The van der Waals surface area contributed by atoms with Crippen molar-refractivity contribution in [3.05, 3.63) is 0 Å². The maximum absolute atomic E-state index is 12.9. The van der Waals surface area contributed by atoms with E-state index < -0.39 is 0 Å². The van der Waals surface area contributed by atoms with Gasteiger partial charge in [0.2, 0.25) is 5.91 Å². The van der Waals surface area contributed by atoms with Gasteiger partial charge in [-0.3, -0.25) is 4.79 Å². The highest BCUT2D eigenvalue weighted by Gasteiger charge is 2.51. The van der Waals surface area contributed by atoms with Crippen LogP contribution in [-0.2, 0) is 4.79 Å². The van der Waals surface area contributed by atoms with Crippen molar-refractivity contribution in [2.45, 2.75) is 45.1 Å². The minimum absolute atomic E-state index is 0. The fourth-order valence-corrected chi connectivity index (χ4v) is 5.67. The van der Waals surface area contributed by atoms with Gasteiger partial charge in [0.1, 0.15) is 0 Å². The molecule has 1 atom stereocenters. The molecule has 5 rings (SSSR count). The van der Waals surface area contributed by atoms with Crippen LogP contribution in [0, 0.1) is 29.6 Å². The summed E-state index contributed by atoms with van der Waals surface area (Å²) in [5, 5.41) is 3.44. The number of rotatable bonds is 1. The fourth-order valence-electron chi connectivity index (χ4n) is 5.67. The first-order valence-corrected chi connectivity index (χ1v) is 8.23. The molecule has 3 nitrogen and oxygen atoms in total. The summed E-state index contributed by atoms with van der Waals surface area (Å²) in [5.41, 5.74) is 0. The molecular formula is C16H27ClN2O. The number of nitrogens with zero attached hydrogens (tertiary/aromatic N) is 1. The summed E-state index contributed by atoms with van der Waals surface area (Å²) in [4.78, 5) is 15.1. The Labute approximate surface area is 128 Å². The molecule has 0 spiro atoms. The van der Waals surface area contributed by atoms with Crippen LogP contribution in [0.15, 0.2) is 0 Å². The molecule has 1 aliphatic heterocycles. The second-order valence-corrected chi connectivity index (χ2v) is 7.60. The molecule has 1 amide bonds. The molecule has 4 aliphatic carbocycles. The van der Waals surface area contributed by atoms with Gasteiger partial charge in [-0.1, -0.05) is 0 Å². The normalized spacial score (nSPS) is 46.1. The molecule has 1 N–H and O–H groups in total. The van der Waals surface area contributed by atoms with E-state index in [0.29, 0.717) is 17.9 Å². The van der Waals surface area contributed by atoms with Crippen molar-refractivity contribution >= 4 is 18.3 Å². The lowest BCUT2D eigenvalue weighted by molar-refractivity contribution is -0.150. The molecule has 20 heavy (non-hydrogen) atoms. The van der Waals surface area contributed by atoms with Gasteiger partial charge >= 0.3 is 0 Å². The van der Waals surface area contributed by atoms with E-state index in [9.17, 15) is 4.79 Å². The summed E-state index contributed by atoms with van der Waals surface area (Å²) in [6.45, 7) is 5.00. The SMILES string of the molecule is C[C@@H]1CN(C(=O)C2C3CC4CC(C3)CC2C4)CCN1.Cl. The Hall–Kier alpha value is -0.280. The van der Waals surface area contributed by atoms with Crippen molar-refractivity contribution < 1.29 is 4.79 Å². The second kappa shape index (κ2) is 5.49. The van der Waals surface area contributed by atoms with Crippen molar-refractivity contribution in [3.63, 3.8) is 0 Å². The number of amides is 1. The van der Waals surface area contributed by atoms with Crippen LogP contribution in [0.1, 0.15) is 39.0 Å². The second-order valence-electron chi connectivity index (χ2n) is 7.60. The van der Waals surface area contributed by atoms with E-state index in [1.54, 1.807) is 0 Å². The lowest BCUT2D eigenvalue weighted by atomic mass is 9.51. The third-order valence-electron chi connectivity index (χ3n) is 6.19. The van der Waals surface area contributed by atoms with Gasteiger partial charge in [0.25, 0.3) is 0 Å². The Morgan fingerprint density at radius 3 is 2.20 bits per heavy atom. The van der Waals surface area contributed by atoms with Gasteiger partial charge in [0.15, 0.2) is 0 Å². The maximum Gasteiger partial charge on any atom is 0.226 e. The molecule has 1 heterocycles. The molecular weight excluding hydrogens is 272 g/mol. The summed E-state index contributed by atoms with van der Waals surface area (Å²) in [5.74, 6) is 4.28. The molecule has 0 radical (unpaired) electrons. The van der Waals surface area contributed by atoms with E-state index >= 15 is 0 Å². The molecule has 5 aliphatic rings. The maximum atomic E-state index is 12.9. The first-order valence-electron chi connectivity index (χ1n) is 8.23. The predicted molar refractivity (Wildman–Crippen MR) is 81.8 cm³/mol. The minimum atomic E-state index is 0. The van der Waals surface area contributed by atoms with Crippen LogP contribution in [0.3, 0.4) is 0 Å². The van der Waals surface area contributed by atoms with Gasteiger partial charge in [-0.05, 0) is 62.7 Å². The first-order chi connectivity index (χ1) is 9.20. The smallest absolute Gasteiger partial charge is 0.226 e. The summed E-state index contributed by atoms with van der Waals surface area (Å²) >= 11 is 0. The van der Waals surface area contributed by atoms with Crippen molar-refractivity contribution in [1.82, 2.24) is 10.2 Å². The molecule has 4 saturated carbocycles. The number of carbonyl (C=O) groups is 1. The van der Waals surface area contributed by atoms with Crippen molar-refractivity contribution in [1.29, 1.82) is 0 Å². The standard InChI is InChI=1S/C16H26N2O.ClH/c1-10-9-18(3-2-17-10)16(19)15-13-5-11-4-12(7-13)8-14(15)6-11;/h10-15,17H,2-9H2,1H3;1H/t10-,11?,12?,13?,14?,15?;/m1./s1. The summed E-state index contributed by atoms with van der Waals surface area (Å²) < 4.78 is 0. The average molecular weight is 299 g/mol. The lowest BCUT2D eigenvalue weighted by Crippen LogP contribution is -2.57. The van der Waals surface area contributed by atoms with E-state index in [2.05, 4.69) is 17.1 Å². The number of piperazine rings is 1. The van der Waals surface area contributed by atoms with E-state index in [4.69, 9.17) is 0 Å². The zero-order valence-corrected chi connectivity index (χ0v) is 13.2. The van der Waals surface area contributed by atoms with Crippen LogP contribution in [0.4, 0.5) is 0 Å². The molecule has 0 aromatic carbocycles. The predicted octanol–water partition coefficient (Wildman–Crippen LogP) is 2.30. The van der Waals surface area contributed by atoms with Crippen molar-refractivity contribution in [2.75, 3.05) is 19.6 Å². The highest BCUT2D eigenvalue weighted by molar-refractivity contribution is 5.85. The highest BCUT2D eigenvalue weighted by atomic mass is 35.5. The van der Waals surface area contributed by atoms with Gasteiger partial charge in [0, 0.05) is 31.6 Å². The van der Waals surface area contributed by atoms with Crippen LogP contribution >= 0.6 is 12.4 Å². The molecule has 114 valence electrons. The number of nitrogens with one attached hydrogen (secondary N) is 1. The van der Waals surface area contributed by atoms with Crippen LogP contribution in [0.2, 0.25) is 0 Å². The quantitative estimate of drug-likeness (QED) is 0.806. The Kier molecular flexibility index (Phi) is 4.02. The topological polar surface area (TPSA) is 32.3 Å². The van der Waals surface area contributed by atoms with E-state index in [0.717, 1.165) is 43.3 Å². The van der Waals surface area contributed by atoms with E-state index in [-0.39, 0.29) is 12.4 Å². The van der Waals surface area contributed by atoms with Gasteiger partial charge in [-0.25, -0.2) is 0 Å². The van der Waals surface area contributed by atoms with Gasteiger partial charge in [0.05, 0.1) is 0 Å². The molecule has 0 aromatic heterocycles. The average Bonchev–Trinajstić information content (AvgIpc) is 2.37. The van der Waals surface area contributed by atoms with E-state index in [1.807, 2.05) is 0 Å². The molecule has 4 heteroatoms. The van der Waals surface area contributed by atoms with E-state index in [1.165, 1.54) is 32.1 Å². The van der Waals surface area contributed by atoms with Gasteiger partial charge < -0.3 is 10.2 Å². The molecule has 4 bridgehead atoms. The summed E-state index contributed by atoms with van der Waals surface area (Å²) in [7, 11) is 0. The molecule has 1 saturated heterocycles. The van der Waals surface area contributed by atoms with Crippen LogP contribution in [0.25, 0.3) is 0 Å². The Bertz CT molecular complexity index is 359. The third-order valence-corrected chi connectivity index (χ3v) is 6.19. The number of hydrogen-bond acceptors (Lipinski definition) is 2. The Morgan fingerprint density at radius 2 is 1.65 bits per heavy atom.